The van der Waals surface area contributed by atoms with Crippen molar-refractivity contribution in [3.63, 3.8) is 0 Å². The second-order valence-corrected chi connectivity index (χ2v) is 7.95. The largest absolute Gasteiger partial charge is 0.473 e. The third kappa shape index (κ3) is 5.51. The van der Waals surface area contributed by atoms with Crippen LogP contribution in [-0.2, 0) is 5.41 Å². The second kappa shape index (κ2) is 8.26. The lowest BCUT2D eigenvalue weighted by molar-refractivity contribution is 0.233. The van der Waals surface area contributed by atoms with Crippen LogP contribution in [0.3, 0.4) is 0 Å². The Morgan fingerprint density at radius 3 is 2.31 bits per heavy atom. The Morgan fingerprint density at radius 1 is 1.08 bits per heavy atom. The number of benzene rings is 2. The molecule has 140 valence electrons. The molecule has 2 rings (SSSR count). The van der Waals surface area contributed by atoms with Gasteiger partial charge in [-0.1, -0.05) is 64.4 Å². The monoisotopic (exact) mass is 354 g/mol. The summed E-state index contributed by atoms with van der Waals surface area (Å²) in [4.78, 5) is 12.1. The van der Waals surface area contributed by atoms with Gasteiger partial charge in [-0.2, -0.15) is 0 Å². The van der Waals surface area contributed by atoms with Crippen molar-refractivity contribution in [2.24, 2.45) is 0 Å². The fourth-order valence-corrected chi connectivity index (χ4v) is 2.66. The number of anilines is 1. The number of hydrogen-bond donors (Lipinski definition) is 2. The van der Waals surface area contributed by atoms with Crippen molar-refractivity contribution in [1.29, 1.82) is 0 Å². The Morgan fingerprint density at radius 2 is 1.73 bits per heavy atom. The molecule has 0 unspecified atom stereocenters. The summed E-state index contributed by atoms with van der Waals surface area (Å²) in [5.74, 6) is 1.27. The molecule has 0 saturated carbocycles. The summed E-state index contributed by atoms with van der Waals surface area (Å²) in [6.45, 7) is 12.9. The molecule has 2 aromatic rings. The first kappa shape index (κ1) is 19.8. The molecule has 0 aliphatic rings. The molecule has 0 bridgehead atoms. The third-order valence-electron chi connectivity index (χ3n) is 4.24. The van der Waals surface area contributed by atoms with Crippen molar-refractivity contribution in [2.45, 2.75) is 52.9 Å². The Kier molecular flexibility index (Phi) is 6.30. The van der Waals surface area contributed by atoms with Crippen LogP contribution >= 0.6 is 0 Å². The molecule has 0 aliphatic carbocycles. The normalized spacial score (nSPS) is 11.3. The Hall–Kier alpha value is -2.49. The lowest BCUT2D eigenvalue weighted by Gasteiger charge is -2.23. The van der Waals surface area contributed by atoms with Crippen LogP contribution in [0.15, 0.2) is 42.5 Å². The minimum absolute atomic E-state index is 0.0260. The number of hydrogen-bond acceptors (Lipinski definition) is 2. The van der Waals surface area contributed by atoms with E-state index in [0.29, 0.717) is 5.92 Å². The van der Waals surface area contributed by atoms with Gasteiger partial charge in [0.1, 0.15) is 5.75 Å². The molecule has 0 fully saturated rings. The summed E-state index contributed by atoms with van der Waals surface area (Å²) in [5, 5.41) is 5.56. The summed E-state index contributed by atoms with van der Waals surface area (Å²) in [6.07, 6.45) is 0. The van der Waals surface area contributed by atoms with Gasteiger partial charge in [0.05, 0.1) is 0 Å². The zero-order valence-corrected chi connectivity index (χ0v) is 16.6. The second-order valence-electron chi connectivity index (χ2n) is 7.95. The summed E-state index contributed by atoms with van der Waals surface area (Å²) in [5.41, 5.74) is 4.30. The lowest BCUT2D eigenvalue weighted by Crippen LogP contribution is -2.32. The highest BCUT2D eigenvalue weighted by atomic mass is 16.5. The molecule has 0 aliphatic heterocycles. The van der Waals surface area contributed by atoms with Crippen molar-refractivity contribution < 1.29 is 9.53 Å². The zero-order chi connectivity index (χ0) is 19.3. The predicted octanol–water partition coefficient (Wildman–Crippen LogP) is 5.57. The fourth-order valence-electron chi connectivity index (χ4n) is 2.66. The van der Waals surface area contributed by atoms with Gasteiger partial charge in [0.25, 0.3) is 0 Å². The van der Waals surface area contributed by atoms with Gasteiger partial charge in [-0.3, -0.25) is 0 Å². The molecule has 4 nitrogen and oxygen atoms in total. The van der Waals surface area contributed by atoms with Crippen molar-refractivity contribution in [3.05, 3.63) is 59.2 Å². The van der Waals surface area contributed by atoms with Crippen LogP contribution in [0.5, 0.6) is 5.75 Å². The van der Waals surface area contributed by atoms with Gasteiger partial charge < -0.3 is 15.4 Å². The molecule has 2 amide bonds. The molecule has 2 aromatic carbocycles. The van der Waals surface area contributed by atoms with Crippen molar-refractivity contribution in [3.8, 4) is 5.75 Å². The summed E-state index contributed by atoms with van der Waals surface area (Å²) < 4.78 is 5.81. The van der Waals surface area contributed by atoms with Crippen molar-refractivity contribution in [2.75, 3.05) is 12.0 Å². The van der Waals surface area contributed by atoms with Gasteiger partial charge in [0, 0.05) is 5.69 Å². The smallest absolute Gasteiger partial charge is 0.321 e. The number of nitrogens with one attached hydrogen (secondary N) is 2. The highest BCUT2D eigenvalue weighted by Gasteiger charge is 2.19. The Labute approximate surface area is 157 Å². The molecule has 2 N–H and O–H groups in total. The summed E-state index contributed by atoms with van der Waals surface area (Å²) in [6, 6.07) is 13.7. The maximum Gasteiger partial charge on any atom is 0.321 e. The topological polar surface area (TPSA) is 50.4 Å². The van der Waals surface area contributed by atoms with Gasteiger partial charge >= 0.3 is 6.03 Å². The maximum atomic E-state index is 12.1. The van der Waals surface area contributed by atoms with Crippen molar-refractivity contribution >= 4 is 11.7 Å². The van der Waals surface area contributed by atoms with Gasteiger partial charge in [0.2, 0.25) is 0 Å². The van der Waals surface area contributed by atoms with Crippen LogP contribution in [0.25, 0.3) is 0 Å². The zero-order valence-electron chi connectivity index (χ0n) is 16.6. The number of ether oxygens (including phenoxy) is 1. The first-order valence-electron chi connectivity index (χ1n) is 9.05. The molecule has 4 heteroatoms. The van der Waals surface area contributed by atoms with Gasteiger partial charge in [-0.15, -0.1) is 0 Å². The SMILES string of the molecule is Cc1ccc(OCNC(=O)Nc2ccc(C(C)C)cc2)c(C(C)(C)C)c1. The molecule has 0 aromatic heterocycles. The average molecular weight is 354 g/mol. The highest BCUT2D eigenvalue weighted by molar-refractivity contribution is 5.89. The van der Waals surface area contributed by atoms with Gasteiger partial charge in [-0.05, 0) is 47.6 Å². The number of rotatable bonds is 5. The maximum absolute atomic E-state index is 12.1. The molecule has 0 spiro atoms. The number of carbonyl (C=O) groups excluding carboxylic acids is 1. The van der Waals surface area contributed by atoms with Gasteiger partial charge in [0.15, 0.2) is 6.73 Å². The number of urea groups is 1. The summed E-state index contributed by atoms with van der Waals surface area (Å²) >= 11 is 0. The fraction of sp³-hybridized carbons (Fsp3) is 0.409. The highest BCUT2D eigenvalue weighted by Crippen LogP contribution is 2.32. The van der Waals surface area contributed by atoms with E-state index in [9.17, 15) is 4.79 Å². The molecule has 0 radical (unpaired) electrons. The van der Waals surface area contributed by atoms with Crippen LogP contribution in [-0.4, -0.2) is 12.8 Å². The molecular formula is C22H30N2O2. The van der Waals surface area contributed by atoms with Crippen LogP contribution in [0, 0.1) is 6.92 Å². The van der Waals surface area contributed by atoms with Crippen LogP contribution in [0.2, 0.25) is 0 Å². The van der Waals surface area contributed by atoms with E-state index in [1.165, 1.54) is 11.1 Å². The summed E-state index contributed by atoms with van der Waals surface area (Å²) in [7, 11) is 0. The van der Waals surface area contributed by atoms with Crippen LogP contribution in [0.1, 0.15) is 57.2 Å². The van der Waals surface area contributed by atoms with E-state index in [2.05, 4.69) is 58.2 Å². The van der Waals surface area contributed by atoms with E-state index >= 15 is 0 Å². The predicted molar refractivity (Wildman–Crippen MR) is 108 cm³/mol. The Balaban J connectivity index is 1.91. The van der Waals surface area contributed by atoms with Crippen LogP contribution in [0.4, 0.5) is 10.5 Å². The third-order valence-corrected chi connectivity index (χ3v) is 4.24. The molecule has 26 heavy (non-hydrogen) atoms. The quantitative estimate of drug-likeness (QED) is 0.689. The number of aryl methyl sites for hydroxylation is 1. The van der Waals surface area contributed by atoms with E-state index in [-0.39, 0.29) is 18.2 Å². The van der Waals surface area contributed by atoms with Gasteiger partial charge in [-0.25, -0.2) is 4.79 Å². The van der Waals surface area contributed by atoms with E-state index in [4.69, 9.17) is 4.74 Å². The average Bonchev–Trinajstić information content (AvgIpc) is 2.55. The Bertz CT molecular complexity index is 744. The molecule has 0 heterocycles. The molecule has 0 saturated heterocycles. The minimum Gasteiger partial charge on any atom is -0.473 e. The molecular weight excluding hydrogens is 324 g/mol. The molecule has 0 atom stereocenters. The van der Waals surface area contributed by atoms with E-state index in [1.807, 2.05) is 36.4 Å². The van der Waals surface area contributed by atoms with E-state index in [1.54, 1.807) is 0 Å². The minimum atomic E-state index is -0.285. The standard InChI is InChI=1S/C22H30N2O2/c1-15(2)17-8-10-18(11-9-17)24-21(25)23-14-26-20-12-7-16(3)13-19(20)22(4,5)6/h7-13,15H,14H2,1-6H3,(H2,23,24,25). The number of carbonyl (C=O) groups is 1. The van der Waals surface area contributed by atoms with E-state index in [0.717, 1.165) is 17.0 Å². The van der Waals surface area contributed by atoms with E-state index < -0.39 is 0 Å². The van der Waals surface area contributed by atoms with Crippen molar-refractivity contribution in [1.82, 2.24) is 5.32 Å². The lowest BCUT2D eigenvalue weighted by atomic mass is 9.85. The first-order valence-corrected chi connectivity index (χ1v) is 9.05. The number of amides is 2. The first-order chi connectivity index (χ1) is 12.2. The van der Waals surface area contributed by atoms with Crippen LogP contribution < -0.4 is 15.4 Å².